The first-order valence-electron chi connectivity index (χ1n) is 18.3. The Hall–Kier alpha value is 0.433. The third-order valence-electron chi connectivity index (χ3n) is 12.9. The van der Waals surface area contributed by atoms with Gasteiger partial charge in [0.2, 0.25) is 0 Å². The van der Waals surface area contributed by atoms with E-state index >= 15 is 0 Å². The molecule has 7 heteroatoms. The summed E-state index contributed by atoms with van der Waals surface area (Å²) in [6, 6.07) is 12.9. The molecule has 4 saturated carbocycles. The van der Waals surface area contributed by atoms with E-state index in [0.29, 0.717) is 5.41 Å². The number of nitrogens with one attached hydrogen (secondary N) is 2. The maximum Gasteiger partial charge on any atom is 2.00 e. The van der Waals surface area contributed by atoms with Crippen molar-refractivity contribution in [2.75, 3.05) is 32.3 Å². The molecule has 0 radical (unpaired) electrons. The summed E-state index contributed by atoms with van der Waals surface area (Å²) in [4.78, 5) is 0. The fourth-order valence-corrected chi connectivity index (χ4v) is 18.7. The molecule has 2 aromatic carbocycles. The van der Waals surface area contributed by atoms with Crippen LogP contribution in [0.2, 0.25) is 39.3 Å². The van der Waals surface area contributed by atoms with E-state index < -0.39 is 16.1 Å². The Morgan fingerprint density at radius 2 is 1.47 bits per heavy atom. The summed E-state index contributed by atoms with van der Waals surface area (Å²) in [5.74, 6) is 5.23. The fraction of sp³-hybridized carbons (Fsp3) is 0.737. The van der Waals surface area contributed by atoms with Gasteiger partial charge in [-0.3, -0.25) is 0 Å². The largest absolute Gasteiger partial charge is 2.00 e. The zero-order valence-electron chi connectivity index (χ0n) is 29.3. The third-order valence-corrected chi connectivity index (χ3v) is 18.9. The van der Waals surface area contributed by atoms with Crippen molar-refractivity contribution >= 4 is 45.0 Å². The summed E-state index contributed by atoms with van der Waals surface area (Å²) in [7, 11) is 3.84. The summed E-state index contributed by atoms with van der Waals surface area (Å²) in [6.07, 6.45) is 14.3. The zero-order valence-corrected chi connectivity index (χ0v) is 34.7. The maximum atomic E-state index is 3.89. The van der Waals surface area contributed by atoms with E-state index in [1.807, 2.05) is 51.8 Å². The van der Waals surface area contributed by atoms with Crippen LogP contribution in [0.1, 0.15) is 68.9 Å². The molecule has 8 rings (SSSR count). The van der Waals surface area contributed by atoms with Gasteiger partial charge in [-0.25, -0.2) is 18.2 Å². The predicted octanol–water partition coefficient (Wildman–Crippen LogP) is 7.54. The summed E-state index contributed by atoms with van der Waals surface area (Å²) in [6.45, 7) is 20.9. The van der Waals surface area contributed by atoms with E-state index in [-0.39, 0.29) is 22.2 Å². The van der Waals surface area contributed by atoms with Crippen LogP contribution in [0.15, 0.2) is 36.4 Å². The quantitative estimate of drug-likeness (QED) is 0.176. The van der Waals surface area contributed by atoms with Gasteiger partial charge >= 0.3 is 17.1 Å². The molecule has 6 fully saturated rings. The van der Waals surface area contributed by atoms with E-state index in [2.05, 4.69) is 74.5 Å². The van der Waals surface area contributed by atoms with Crippen LogP contribution in [-0.4, -0.2) is 48.5 Å². The molecule has 7 unspecified atom stereocenters. The standard InChI is InChI=1S/C33H59N2P2Si2.C5H5.Fe/c1-38(2,3)29-16-27(33(37,25-9-7-11-34-19-25)26-10-8-12-35-20-26)30(31(29)39(4,5)6)32-17-22-13-23(18-32)15-24(14-22)28(32)21-36;1-2-4-5-3-1;/h16,22-26,28,34-35H,7-15,17-21,36-37H2,1-6H3;1-5H;/q2*-1;+2. The van der Waals surface area contributed by atoms with Gasteiger partial charge in [-0.15, -0.1) is 18.5 Å². The van der Waals surface area contributed by atoms with Crippen LogP contribution in [0.3, 0.4) is 0 Å². The molecule has 2 aromatic rings. The van der Waals surface area contributed by atoms with Crippen molar-refractivity contribution in [3.63, 3.8) is 0 Å². The second-order valence-corrected chi connectivity index (χ2v) is 29.3. The van der Waals surface area contributed by atoms with Gasteiger partial charge in [0.1, 0.15) is 0 Å². The number of rotatable bonds is 7. The monoisotopic (exact) mass is 722 g/mol. The first kappa shape index (κ1) is 36.7. The Bertz CT molecular complexity index is 1180. The predicted molar refractivity (Wildman–Crippen MR) is 206 cm³/mol. The molecule has 4 bridgehead atoms. The summed E-state index contributed by atoms with van der Waals surface area (Å²) in [5.41, 5.74) is 4.26. The van der Waals surface area contributed by atoms with Crippen molar-refractivity contribution in [2.24, 2.45) is 35.5 Å². The molecule has 0 amide bonds. The number of piperidine rings is 2. The van der Waals surface area contributed by atoms with Crippen LogP contribution in [0.5, 0.6) is 0 Å². The molecule has 6 aliphatic rings. The van der Waals surface area contributed by atoms with Crippen molar-refractivity contribution in [3.8, 4) is 0 Å². The molecule has 2 aliphatic heterocycles. The fourth-order valence-electron chi connectivity index (χ4n) is 11.4. The Kier molecular flexibility index (Phi) is 11.7. The molecule has 7 atom stereocenters. The number of hydrogen-bond donors (Lipinski definition) is 2. The minimum absolute atomic E-state index is 0. The van der Waals surface area contributed by atoms with Crippen molar-refractivity contribution in [2.45, 2.75) is 108 Å². The second kappa shape index (κ2) is 14.3. The van der Waals surface area contributed by atoms with Gasteiger partial charge in [0.25, 0.3) is 0 Å². The van der Waals surface area contributed by atoms with Gasteiger partial charge in [-0.05, 0) is 136 Å². The van der Waals surface area contributed by atoms with E-state index in [0.717, 1.165) is 35.5 Å². The number of hydrogen-bond acceptors (Lipinski definition) is 2. The molecular formula is C38H64FeN2P2Si2. The molecule has 2 N–H and O–H groups in total. The first-order chi connectivity index (χ1) is 20.9. The molecule has 0 aromatic heterocycles. The summed E-state index contributed by atoms with van der Waals surface area (Å²) in [5, 5.41) is 11.8. The Labute approximate surface area is 294 Å². The van der Waals surface area contributed by atoms with Crippen LogP contribution in [0.4, 0.5) is 0 Å². The van der Waals surface area contributed by atoms with E-state index in [1.165, 1.54) is 90.1 Å². The van der Waals surface area contributed by atoms with Crippen LogP contribution < -0.4 is 21.0 Å². The molecule has 252 valence electrons. The van der Waals surface area contributed by atoms with E-state index in [4.69, 9.17) is 0 Å². The summed E-state index contributed by atoms with van der Waals surface area (Å²) < 4.78 is 0. The molecular weight excluding hydrogens is 658 g/mol. The zero-order chi connectivity index (χ0) is 31.3. The normalized spacial score (nSPS) is 34.4. The molecule has 2 heterocycles. The van der Waals surface area contributed by atoms with Gasteiger partial charge in [0, 0.05) is 8.07 Å². The van der Waals surface area contributed by atoms with Gasteiger partial charge in [-0.2, -0.15) is 39.7 Å². The van der Waals surface area contributed by atoms with E-state index in [9.17, 15) is 0 Å². The minimum Gasteiger partial charge on any atom is -0.316 e. The molecule has 2 nitrogen and oxygen atoms in total. The average molecular weight is 723 g/mol. The van der Waals surface area contributed by atoms with Gasteiger partial charge in [-0.1, -0.05) is 39.3 Å². The van der Waals surface area contributed by atoms with Crippen molar-refractivity contribution in [1.82, 2.24) is 10.6 Å². The Morgan fingerprint density at radius 1 is 0.911 bits per heavy atom. The smallest absolute Gasteiger partial charge is 0.316 e. The first-order valence-corrected chi connectivity index (χ1v) is 26.7. The molecule has 0 spiro atoms. The van der Waals surface area contributed by atoms with Gasteiger partial charge in [0.05, 0.1) is 8.07 Å². The van der Waals surface area contributed by atoms with Crippen LogP contribution in [0.25, 0.3) is 0 Å². The van der Waals surface area contributed by atoms with E-state index in [1.54, 1.807) is 0 Å². The van der Waals surface area contributed by atoms with Crippen molar-refractivity contribution in [1.29, 1.82) is 0 Å². The minimum atomic E-state index is -1.60. The molecule has 2 saturated heterocycles. The summed E-state index contributed by atoms with van der Waals surface area (Å²) >= 11 is 0. The molecule has 4 aliphatic carbocycles. The molecule has 45 heavy (non-hydrogen) atoms. The van der Waals surface area contributed by atoms with Crippen LogP contribution in [-0.2, 0) is 27.6 Å². The maximum absolute atomic E-state index is 3.89. The SMILES string of the molecule is C[Si](C)(C)c1cc(C(P)(C2CCCNC2)C2CCCNC2)c(C23CC4CC(CC(C4)C2CP)C3)[c-]1[Si](C)(C)C.[Fe+2].c1cc[cH-]c1. The second-order valence-electron chi connectivity index (χ2n) is 17.8. The average Bonchev–Trinajstić information content (AvgIpc) is 3.70. The Balaban J connectivity index is 0.000000609. The topological polar surface area (TPSA) is 24.1 Å². The Morgan fingerprint density at radius 3 is 1.87 bits per heavy atom. The van der Waals surface area contributed by atoms with Gasteiger partial charge in [0.15, 0.2) is 0 Å². The van der Waals surface area contributed by atoms with Crippen molar-refractivity contribution < 1.29 is 17.1 Å². The van der Waals surface area contributed by atoms with Crippen LogP contribution in [0, 0.1) is 35.5 Å². The van der Waals surface area contributed by atoms with Crippen LogP contribution >= 0.6 is 18.5 Å². The third kappa shape index (κ3) is 6.93. The van der Waals surface area contributed by atoms with Crippen molar-refractivity contribution in [3.05, 3.63) is 47.5 Å². The van der Waals surface area contributed by atoms with Gasteiger partial charge < -0.3 is 10.6 Å².